The molecule has 7 heteroatoms. The van der Waals surface area contributed by atoms with Crippen LogP contribution in [0.5, 0.6) is 0 Å². The molecule has 3 rings (SSSR count). The van der Waals surface area contributed by atoms with Gasteiger partial charge in [0.1, 0.15) is 11.3 Å². The fourth-order valence-corrected chi connectivity index (χ4v) is 2.70. The van der Waals surface area contributed by atoms with Crippen LogP contribution in [-0.2, 0) is 24.3 Å². The van der Waals surface area contributed by atoms with Crippen molar-refractivity contribution in [3.63, 3.8) is 0 Å². The SMILES string of the molecule is Cc1nn(C)c2c1nc(CCl)n2CCNC(=O)C1CC1. The first-order valence-electron chi connectivity index (χ1n) is 6.84. The smallest absolute Gasteiger partial charge is 0.223 e. The lowest BCUT2D eigenvalue weighted by atomic mass is 10.4. The Morgan fingerprint density at radius 2 is 2.25 bits per heavy atom. The molecule has 1 fully saturated rings. The second-order valence-electron chi connectivity index (χ2n) is 5.26. The van der Waals surface area contributed by atoms with Crippen LogP contribution in [-0.4, -0.2) is 31.8 Å². The van der Waals surface area contributed by atoms with E-state index in [2.05, 4.69) is 15.4 Å². The molecule has 1 aliphatic rings. The van der Waals surface area contributed by atoms with Gasteiger partial charge in [0.15, 0.2) is 5.65 Å². The number of fused-ring (bicyclic) bond motifs is 1. The van der Waals surface area contributed by atoms with Gasteiger partial charge >= 0.3 is 0 Å². The van der Waals surface area contributed by atoms with Gasteiger partial charge in [-0.05, 0) is 19.8 Å². The number of aromatic nitrogens is 4. The van der Waals surface area contributed by atoms with Gasteiger partial charge < -0.3 is 9.88 Å². The molecule has 2 heterocycles. The van der Waals surface area contributed by atoms with Crippen molar-refractivity contribution in [2.24, 2.45) is 13.0 Å². The minimum absolute atomic E-state index is 0.162. The van der Waals surface area contributed by atoms with Crippen molar-refractivity contribution < 1.29 is 4.79 Å². The van der Waals surface area contributed by atoms with Crippen molar-refractivity contribution >= 4 is 28.7 Å². The molecule has 1 aliphatic carbocycles. The summed E-state index contributed by atoms with van der Waals surface area (Å²) >= 11 is 5.97. The Labute approximate surface area is 122 Å². The lowest BCUT2D eigenvalue weighted by molar-refractivity contribution is -0.122. The molecule has 108 valence electrons. The van der Waals surface area contributed by atoms with Gasteiger partial charge in [-0.2, -0.15) is 5.10 Å². The van der Waals surface area contributed by atoms with E-state index in [9.17, 15) is 4.79 Å². The molecule has 1 N–H and O–H groups in total. The first-order valence-corrected chi connectivity index (χ1v) is 7.37. The molecule has 0 unspecified atom stereocenters. The Balaban J connectivity index is 1.79. The Bertz CT molecular complexity index is 655. The second-order valence-corrected chi connectivity index (χ2v) is 5.53. The molecule has 1 saturated carbocycles. The number of imidazole rings is 1. The van der Waals surface area contributed by atoms with Gasteiger partial charge in [0.2, 0.25) is 5.91 Å². The topological polar surface area (TPSA) is 64.7 Å². The summed E-state index contributed by atoms with van der Waals surface area (Å²) in [4.78, 5) is 16.2. The van der Waals surface area contributed by atoms with E-state index in [-0.39, 0.29) is 11.8 Å². The van der Waals surface area contributed by atoms with Crippen LogP contribution in [0.15, 0.2) is 0 Å². The van der Waals surface area contributed by atoms with Crippen molar-refractivity contribution in [1.82, 2.24) is 24.6 Å². The molecule has 20 heavy (non-hydrogen) atoms. The fourth-order valence-electron chi connectivity index (χ4n) is 2.50. The molecule has 2 aromatic heterocycles. The Hall–Kier alpha value is -1.56. The molecule has 0 aliphatic heterocycles. The van der Waals surface area contributed by atoms with Crippen LogP contribution in [0.25, 0.3) is 11.2 Å². The summed E-state index contributed by atoms with van der Waals surface area (Å²) in [5.74, 6) is 1.57. The predicted molar refractivity (Wildman–Crippen MR) is 76.5 cm³/mol. The first-order chi connectivity index (χ1) is 9.61. The quantitative estimate of drug-likeness (QED) is 0.847. The molecule has 0 bridgehead atoms. The number of aryl methyl sites for hydroxylation is 2. The van der Waals surface area contributed by atoms with Crippen LogP contribution < -0.4 is 5.32 Å². The highest BCUT2D eigenvalue weighted by Crippen LogP contribution is 2.28. The molecular weight excluding hydrogens is 278 g/mol. The third kappa shape index (κ3) is 2.28. The number of carbonyl (C=O) groups excluding carboxylic acids is 1. The zero-order valence-electron chi connectivity index (χ0n) is 11.7. The van der Waals surface area contributed by atoms with E-state index >= 15 is 0 Å². The largest absolute Gasteiger partial charge is 0.354 e. The van der Waals surface area contributed by atoms with Gasteiger partial charge in [0, 0.05) is 26.1 Å². The number of hydrogen-bond donors (Lipinski definition) is 1. The number of nitrogens with zero attached hydrogens (tertiary/aromatic N) is 4. The summed E-state index contributed by atoms with van der Waals surface area (Å²) < 4.78 is 3.85. The molecule has 1 amide bonds. The average Bonchev–Trinajstić information content (AvgIpc) is 3.14. The lowest BCUT2D eigenvalue weighted by Gasteiger charge is -2.09. The summed E-state index contributed by atoms with van der Waals surface area (Å²) in [5.41, 5.74) is 2.74. The average molecular weight is 296 g/mol. The highest BCUT2D eigenvalue weighted by Gasteiger charge is 2.29. The molecule has 0 aromatic carbocycles. The molecule has 6 nitrogen and oxygen atoms in total. The minimum Gasteiger partial charge on any atom is -0.354 e. The van der Waals surface area contributed by atoms with E-state index in [1.165, 1.54) is 0 Å². The molecule has 0 atom stereocenters. The van der Waals surface area contributed by atoms with E-state index in [1.54, 1.807) is 0 Å². The fraction of sp³-hybridized carbons (Fsp3) is 0.615. The third-order valence-electron chi connectivity index (χ3n) is 3.67. The molecule has 0 spiro atoms. The van der Waals surface area contributed by atoms with Crippen molar-refractivity contribution in [3.8, 4) is 0 Å². The maximum absolute atomic E-state index is 11.6. The molecule has 0 saturated heterocycles. The zero-order chi connectivity index (χ0) is 14.3. The van der Waals surface area contributed by atoms with Crippen LogP contribution >= 0.6 is 11.6 Å². The highest BCUT2D eigenvalue weighted by molar-refractivity contribution is 6.16. The summed E-state index contributed by atoms with van der Waals surface area (Å²) in [5, 5.41) is 7.34. The van der Waals surface area contributed by atoms with Gasteiger partial charge in [-0.3, -0.25) is 9.48 Å². The number of amides is 1. The van der Waals surface area contributed by atoms with Gasteiger partial charge in [-0.25, -0.2) is 4.98 Å². The number of carbonyl (C=O) groups is 1. The van der Waals surface area contributed by atoms with Gasteiger partial charge in [0.05, 0.1) is 11.6 Å². The third-order valence-corrected chi connectivity index (χ3v) is 3.91. The van der Waals surface area contributed by atoms with Crippen LogP contribution in [0.2, 0.25) is 0 Å². The van der Waals surface area contributed by atoms with Crippen molar-refractivity contribution in [2.45, 2.75) is 32.2 Å². The summed E-state index contributed by atoms with van der Waals surface area (Å²) in [6.45, 7) is 3.19. The summed E-state index contributed by atoms with van der Waals surface area (Å²) in [6, 6.07) is 0. The zero-order valence-corrected chi connectivity index (χ0v) is 12.4. The molecule has 2 aromatic rings. The number of hydrogen-bond acceptors (Lipinski definition) is 3. The van der Waals surface area contributed by atoms with Gasteiger partial charge in [-0.15, -0.1) is 11.6 Å². The van der Waals surface area contributed by atoms with E-state index in [4.69, 9.17) is 11.6 Å². The highest BCUT2D eigenvalue weighted by atomic mass is 35.5. The number of alkyl halides is 1. The Kier molecular flexibility index (Phi) is 3.41. The van der Waals surface area contributed by atoms with E-state index < -0.39 is 0 Å². The van der Waals surface area contributed by atoms with Crippen LogP contribution in [0.4, 0.5) is 0 Å². The number of halogens is 1. The molecule has 0 radical (unpaired) electrons. The van der Waals surface area contributed by atoms with Crippen molar-refractivity contribution in [1.29, 1.82) is 0 Å². The lowest BCUT2D eigenvalue weighted by Crippen LogP contribution is -2.28. The van der Waals surface area contributed by atoms with Crippen LogP contribution in [0.1, 0.15) is 24.4 Å². The first kappa shape index (κ1) is 13.4. The molecular formula is C13H18ClN5O. The maximum Gasteiger partial charge on any atom is 0.223 e. The Morgan fingerprint density at radius 1 is 1.50 bits per heavy atom. The maximum atomic E-state index is 11.6. The summed E-state index contributed by atoms with van der Waals surface area (Å²) in [7, 11) is 1.90. The number of nitrogens with one attached hydrogen (secondary N) is 1. The van der Waals surface area contributed by atoms with Crippen molar-refractivity contribution in [3.05, 3.63) is 11.5 Å². The van der Waals surface area contributed by atoms with Crippen LogP contribution in [0, 0.1) is 12.8 Å². The van der Waals surface area contributed by atoms with E-state index in [0.717, 1.165) is 35.5 Å². The monoisotopic (exact) mass is 295 g/mol. The van der Waals surface area contributed by atoms with Gasteiger partial charge in [0.25, 0.3) is 0 Å². The number of rotatable bonds is 5. The standard InChI is InChI=1S/C13H18ClN5O/c1-8-11-13(18(2)17-8)19(10(7-14)16-11)6-5-15-12(20)9-3-4-9/h9H,3-7H2,1-2H3,(H,15,20). The minimum atomic E-state index is 0.162. The normalized spacial score (nSPS) is 14.9. The predicted octanol–water partition coefficient (Wildman–Crippen LogP) is 1.34. The summed E-state index contributed by atoms with van der Waals surface area (Å²) in [6.07, 6.45) is 2.05. The van der Waals surface area contributed by atoms with Crippen LogP contribution in [0.3, 0.4) is 0 Å². The Morgan fingerprint density at radius 3 is 2.90 bits per heavy atom. The van der Waals surface area contributed by atoms with E-state index in [1.807, 2.05) is 23.2 Å². The second kappa shape index (κ2) is 5.09. The van der Waals surface area contributed by atoms with E-state index in [0.29, 0.717) is 19.0 Å². The van der Waals surface area contributed by atoms with Gasteiger partial charge in [-0.1, -0.05) is 0 Å². The van der Waals surface area contributed by atoms with Crippen molar-refractivity contribution in [2.75, 3.05) is 6.54 Å².